The second-order valence-corrected chi connectivity index (χ2v) is 4.52. The smallest absolute Gasteiger partial charge is 0.165 e. The van der Waals surface area contributed by atoms with Crippen LogP contribution in [-0.4, -0.2) is 18.5 Å². The minimum atomic E-state index is -0.352. The van der Waals surface area contributed by atoms with E-state index in [1.54, 1.807) is 0 Å². The third-order valence-electron chi connectivity index (χ3n) is 2.92. The van der Waals surface area contributed by atoms with Gasteiger partial charge >= 0.3 is 0 Å². The molecule has 12 heavy (non-hydrogen) atoms. The van der Waals surface area contributed by atoms with Gasteiger partial charge in [0.2, 0.25) is 0 Å². The van der Waals surface area contributed by atoms with Crippen molar-refractivity contribution in [3.8, 4) is 0 Å². The first-order valence-electron chi connectivity index (χ1n) is 4.71. The molecular formula is C10H20O2. The van der Waals surface area contributed by atoms with E-state index in [9.17, 15) is 0 Å². The molecule has 1 aliphatic heterocycles. The van der Waals surface area contributed by atoms with Crippen LogP contribution in [0, 0.1) is 5.41 Å². The van der Waals surface area contributed by atoms with E-state index < -0.39 is 0 Å². The molecule has 2 nitrogen and oxygen atoms in total. The predicted molar refractivity (Wildman–Crippen MR) is 49.0 cm³/mol. The van der Waals surface area contributed by atoms with E-state index >= 15 is 0 Å². The van der Waals surface area contributed by atoms with Gasteiger partial charge in [0.1, 0.15) is 0 Å². The predicted octanol–water partition coefficient (Wildman–Crippen LogP) is 2.57. The van der Waals surface area contributed by atoms with Crippen molar-refractivity contribution in [2.75, 3.05) is 6.61 Å². The zero-order chi connectivity index (χ0) is 9.41. The molecule has 0 saturated carbocycles. The van der Waals surface area contributed by atoms with Crippen LogP contribution in [0.25, 0.3) is 0 Å². The van der Waals surface area contributed by atoms with Crippen LogP contribution in [0.3, 0.4) is 0 Å². The topological polar surface area (TPSA) is 18.5 Å². The molecule has 2 atom stereocenters. The van der Waals surface area contributed by atoms with Gasteiger partial charge in [-0.15, -0.1) is 0 Å². The number of rotatable bonds is 1. The molecule has 1 fully saturated rings. The monoisotopic (exact) mass is 172 g/mol. The fourth-order valence-electron chi connectivity index (χ4n) is 1.21. The summed E-state index contributed by atoms with van der Waals surface area (Å²) in [4.78, 5) is 0. The Balaban J connectivity index is 2.63. The molecular weight excluding hydrogens is 152 g/mol. The molecule has 1 saturated heterocycles. The van der Waals surface area contributed by atoms with Crippen molar-refractivity contribution in [1.82, 2.24) is 0 Å². The maximum Gasteiger partial charge on any atom is 0.165 e. The van der Waals surface area contributed by atoms with Gasteiger partial charge in [0, 0.05) is 5.41 Å². The number of hydrogen-bond donors (Lipinski definition) is 0. The Labute approximate surface area is 75.2 Å². The van der Waals surface area contributed by atoms with Crippen LogP contribution in [-0.2, 0) is 9.47 Å². The molecule has 0 radical (unpaired) electrons. The molecule has 1 rings (SSSR count). The van der Waals surface area contributed by atoms with E-state index in [2.05, 4.69) is 27.7 Å². The molecule has 0 spiro atoms. The molecule has 0 aromatic carbocycles. The standard InChI is InChI=1S/C10H20O2/c1-6-10(5)11-7-9(3,4)8(2)12-10/h8H,6-7H2,1-5H3. The summed E-state index contributed by atoms with van der Waals surface area (Å²) in [6.07, 6.45) is 1.18. The van der Waals surface area contributed by atoms with Gasteiger partial charge in [0.15, 0.2) is 5.79 Å². The van der Waals surface area contributed by atoms with E-state index in [0.717, 1.165) is 13.0 Å². The lowest BCUT2D eigenvalue weighted by Crippen LogP contribution is -2.50. The van der Waals surface area contributed by atoms with Crippen molar-refractivity contribution in [3.05, 3.63) is 0 Å². The van der Waals surface area contributed by atoms with Crippen molar-refractivity contribution in [2.45, 2.75) is 52.9 Å². The maximum absolute atomic E-state index is 5.82. The van der Waals surface area contributed by atoms with E-state index in [1.165, 1.54) is 0 Å². The first-order valence-corrected chi connectivity index (χ1v) is 4.71. The highest BCUT2D eigenvalue weighted by molar-refractivity contribution is 4.82. The number of hydrogen-bond acceptors (Lipinski definition) is 2. The average molecular weight is 172 g/mol. The Morgan fingerprint density at radius 3 is 2.33 bits per heavy atom. The largest absolute Gasteiger partial charge is 0.350 e. The molecule has 0 bridgehead atoms. The van der Waals surface area contributed by atoms with E-state index in [1.807, 2.05) is 6.92 Å². The molecule has 0 amide bonds. The zero-order valence-electron chi connectivity index (χ0n) is 8.81. The minimum Gasteiger partial charge on any atom is -0.350 e. The van der Waals surface area contributed by atoms with Crippen molar-refractivity contribution in [2.24, 2.45) is 5.41 Å². The van der Waals surface area contributed by atoms with Crippen LogP contribution >= 0.6 is 0 Å². The Morgan fingerprint density at radius 2 is 1.92 bits per heavy atom. The fraction of sp³-hybridized carbons (Fsp3) is 1.00. The van der Waals surface area contributed by atoms with Gasteiger partial charge < -0.3 is 9.47 Å². The highest BCUT2D eigenvalue weighted by Crippen LogP contribution is 2.35. The lowest BCUT2D eigenvalue weighted by molar-refractivity contribution is -0.317. The van der Waals surface area contributed by atoms with Crippen molar-refractivity contribution in [3.63, 3.8) is 0 Å². The quantitative estimate of drug-likeness (QED) is 0.605. The summed E-state index contributed by atoms with van der Waals surface area (Å²) in [5.74, 6) is -0.352. The normalized spacial score (nSPS) is 41.2. The van der Waals surface area contributed by atoms with Crippen LogP contribution in [0.1, 0.15) is 41.0 Å². The van der Waals surface area contributed by atoms with Crippen molar-refractivity contribution in [1.29, 1.82) is 0 Å². The summed E-state index contributed by atoms with van der Waals surface area (Å²) in [5, 5.41) is 0. The Hall–Kier alpha value is -0.0800. The summed E-state index contributed by atoms with van der Waals surface area (Å²) in [5.41, 5.74) is 0.147. The van der Waals surface area contributed by atoms with Crippen LogP contribution < -0.4 is 0 Å². The molecule has 1 heterocycles. The van der Waals surface area contributed by atoms with Gasteiger partial charge in [-0.05, 0) is 20.3 Å². The molecule has 2 heteroatoms. The van der Waals surface area contributed by atoms with E-state index in [-0.39, 0.29) is 17.3 Å². The van der Waals surface area contributed by atoms with Gasteiger partial charge in [0.25, 0.3) is 0 Å². The second-order valence-electron chi connectivity index (χ2n) is 4.52. The molecule has 2 unspecified atom stereocenters. The van der Waals surface area contributed by atoms with Gasteiger partial charge in [0.05, 0.1) is 12.7 Å². The fourth-order valence-corrected chi connectivity index (χ4v) is 1.21. The van der Waals surface area contributed by atoms with E-state index in [0.29, 0.717) is 0 Å². The summed E-state index contributed by atoms with van der Waals surface area (Å²) in [7, 11) is 0. The number of ether oxygens (including phenoxy) is 2. The second kappa shape index (κ2) is 3.00. The molecule has 1 aliphatic rings. The summed E-state index contributed by atoms with van der Waals surface area (Å²) in [6, 6.07) is 0. The summed E-state index contributed by atoms with van der Waals surface area (Å²) < 4.78 is 11.5. The third kappa shape index (κ3) is 1.80. The minimum absolute atomic E-state index is 0.147. The highest BCUT2D eigenvalue weighted by Gasteiger charge is 2.40. The Bertz CT molecular complexity index is 165. The average Bonchev–Trinajstić information content (AvgIpc) is 1.99. The van der Waals surface area contributed by atoms with Gasteiger partial charge in [-0.1, -0.05) is 20.8 Å². The molecule has 0 N–H and O–H groups in total. The van der Waals surface area contributed by atoms with Crippen LogP contribution in [0.2, 0.25) is 0 Å². The van der Waals surface area contributed by atoms with Gasteiger partial charge in [-0.25, -0.2) is 0 Å². The summed E-state index contributed by atoms with van der Waals surface area (Å²) >= 11 is 0. The molecule has 0 aromatic heterocycles. The molecule has 0 aromatic rings. The van der Waals surface area contributed by atoms with Crippen molar-refractivity contribution < 1.29 is 9.47 Å². The SMILES string of the molecule is CCC1(C)OCC(C)(C)C(C)O1. The Kier molecular flexibility index (Phi) is 2.50. The van der Waals surface area contributed by atoms with Crippen LogP contribution in [0.5, 0.6) is 0 Å². The van der Waals surface area contributed by atoms with Crippen molar-refractivity contribution >= 4 is 0 Å². The first-order chi connectivity index (χ1) is 5.40. The first kappa shape index (κ1) is 10.0. The van der Waals surface area contributed by atoms with Crippen LogP contribution in [0.15, 0.2) is 0 Å². The molecule has 72 valence electrons. The van der Waals surface area contributed by atoms with Crippen LogP contribution in [0.4, 0.5) is 0 Å². The Morgan fingerprint density at radius 1 is 1.33 bits per heavy atom. The molecule has 0 aliphatic carbocycles. The summed E-state index contributed by atoms with van der Waals surface area (Å²) in [6.45, 7) is 11.4. The van der Waals surface area contributed by atoms with Gasteiger partial charge in [-0.2, -0.15) is 0 Å². The van der Waals surface area contributed by atoms with Gasteiger partial charge in [-0.3, -0.25) is 0 Å². The zero-order valence-corrected chi connectivity index (χ0v) is 8.81. The third-order valence-corrected chi connectivity index (χ3v) is 2.92. The maximum atomic E-state index is 5.82. The van der Waals surface area contributed by atoms with E-state index in [4.69, 9.17) is 9.47 Å². The lowest BCUT2D eigenvalue weighted by atomic mass is 9.87. The highest BCUT2D eigenvalue weighted by atomic mass is 16.7. The lowest BCUT2D eigenvalue weighted by Gasteiger charge is -2.45.